The molecule has 5 heteroatoms. The number of halogens is 1. The van der Waals surface area contributed by atoms with E-state index in [4.69, 9.17) is 20.6 Å². The van der Waals surface area contributed by atoms with Gasteiger partial charge in [0.25, 0.3) is 0 Å². The van der Waals surface area contributed by atoms with E-state index in [1.54, 1.807) is 19.2 Å². The second-order valence-electron chi connectivity index (χ2n) is 4.15. The summed E-state index contributed by atoms with van der Waals surface area (Å²) in [5.41, 5.74) is 7.04. The van der Waals surface area contributed by atoms with Crippen LogP contribution in [-0.4, -0.2) is 12.9 Å². The fraction of sp³-hybridized carbons (Fsp3) is 0.133. The predicted molar refractivity (Wildman–Crippen MR) is 82.5 cm³/mol. The normalized spacial score (nSPS) is 10.1. The van der Waals surface area contributed by atoms with Gasteiger partial charge in [-0.05, 0) is 30.3 Å². The Hall–Kier alpha value is -2.01. The second kappa shape index (κ2) is 6.43. The fourth-order valence-electron chi connectivity index (χ4n) is 1.83. The van der Waals surface area contributed by atoms with Gasteiger partial charge in [0.05, 0.1) is 12.7 Å². The molecule has 0 aliphatic heterocycles. The number of rotatable bonds is 5. The van der Waals surface area contributed by atoms with E-state index in [1.807, 2.05) is 30.3 Å². The van der Waals surface area contributed by atoms with Gasteiger partial charge in [-0.3, -0.25) is 5.41 Å². The number of nitrogens with one attached hydrogen (secondary N) is 1. The van der Waals surface area contributed by atoms with Crippen LogP contribution >= 0.6 is 15.9 Å². The molecule has 4 nitrogen and oxygen atoms in total. The van der Waals surface area contributed by atoms with Crippen molar-refractivity contribution in [1.82, 2.24) is 0 Å². The Morgan fingerprint density at radius 1 is 1.20 bits per heavy atom. The van der Waals surface area contributed by atoms with Crippen LogP contribution in [0.1, 0.15) is 11.1 Å². The maximum Gasteiger partial charge on any atom is 0.130 e. The van der Waals surface area contributed by atoms with E-state index < -0.39 is 0 Å². The number of hydrogen-bond acceptors (Lipinski definition) is 3. The zero-order chi connectivity index (χ0) is 14.5. The second-order valence-corrected chi connectivity index (χ2v) is 5.07. The molecule has 0 unspecified atom stereocenters. The van der Waals surface area contributed by atoms with Crippen LogP contribution in [0.15, 0.2) is 46.9 Å². The van der Waals surface area contributed by atoms with Crippen LogP contribution in [0, 0.1) is 5.41 Å². The Balaban J connectivity index is 2.21. The van der Waals surface area contributed by atoms with E-state index in [0.717, 1.165) is 15.8 Å². The van der Waals surface area contributed by atoms with Crippen LogP contribution in [0.3, 0.4) is 0 Å². The maximum absolute atomic E-state index is 7.54. The van der Waals surface area contributed by atoms with E-state index in [-0.39, 0.29) is 5.84 Å². The molecule has 2 aromatic carbocycles. The van der Waals surface area contributed by atoms with Gasteiger partial charge in [-0.15, -0.1) is 0 Å². The molecule has 3 N–H and O–H groups in total. The summed E-state index contributed by atoms with van der Waals surface area (Å²) >= 11 is 3.42. The standard InChI is InChI=1S/C15H15BrN2O2/c1-19-13-7-6-11(16)8-10(13)9-20-14-5-3-2-4-12(14)15(17)18/h2-8H,9H2,1H3,(H3,17,18). The molecule has 0 amide bonds. The lowest BCUT2D eigenvalue weighted by Gasteiger charge is -2.13. The van der Waals surface area contributed by atoms with Crippen LogP contribution < -0.4 is 15.2 Å². The number of nitrogens with two attached hydrogens (primary N) is 1. The number of para-hydroxylation sites is 1. The quantitative estimate of drug-likeness (QED) is 0.651. The molecule has 0 aromatic heterocycles. The Morgan fingerprint density at radius 3 is 2.65 bits per heavy atom. The van der Waals surface area contributed by atoms with Gasteiger partial charge in [0, 0.05) is 10.0 Å². The van der Waals surface area contributed by atoms with Gasteiger partial charge in [0.1, 0.15) is 23.9 Å². The largest absolute Gasteiger partial charge is 0.496 e. The van der Waals surface area contributed by atoms with Crippen LogP contribution in [0.2, 0.25) is 0 Å². The molecule has 0 spiro atoms. The predicted octanol–water partition coefficient (Wildman–Crippen LogP) is 3.32. The number of methoxy groups -OCH3 is 1. The first-order valence-corrected chi connectivity index (χ1v) is 6.79. The Kier molecular flexibility index (Phi) is 4.63. The first kappa shape index (κ1) is 14.4. The molecule has 0 bridgehead atoms. The summed E-state index contributed by atoms with van der Waals surface area (Å²) in [5.74, 6) is 1.33. The van der Waals surface area contributed by atoms with Gasteiger partial charge < -0.3 is 15.2 Å². The highest BCUT2D eigenvalue weighted by atomic mass is 79.9. The van der Waals surface area contributed by atoms with Gasteiger partial charge in [-0.25, -0.2) is 0 Å². The Bertz CT molecular complexity index is 629. The van der Waals surface area contributed by atoms with Crippen molar-refractivity contribution in [2.24, 2.45) is 5.73 Å². The summed E-state index contributed by atoms with van der Waals surface area (Å²) in [5, 5.41) is 7.54. The first-order chi connectivity index (χ1) is 9.61. The van der Waals surface area contributed by atoms with Gasteiger partial charge in [0.2, 0.25) is 0 Å². The van der Waals surface area contributed by atoms with E-state index in [2.05, 4.69) is 15.9 Å². The van der Waals surface area contributed by atoms with Crippen molar-refractivity contribution in [2.45, 2.75) is 6.61 Å². The molecule has 2 aromatic rings. The molecule has 20 heavy (non-hydrogen) atoms. The van der Waals surface area contributed by atoms with Crippen molar-refractivity contribution in [3.8, 4) is 11.5 Å². The van der Waals surface area contributed by atoms with Crippen LogP contribution in [0.5, 0.6) is 11.5 Å². The van der Waals surface area contributed by atoms with Crippen LogP contribution in [-0.2, 0) is 6.61 Å². The average Bonchev–Trinajstić information content (AvgIpc) is 2.45. The summed E-state index contributed by atoms with van der Waals surface area (Å²) in [6.07, 6.45) is 0. The highest BCUT2D eigenvalue weighted by Gasteiger charge is 2.08. The zero-order valence-electron chi connectivity index (χ0n) is 11.0. The maximum atomic E-state index is 7.54. The molecular formula is C15H15BrN2O2. The monoisotopic (exact) mass is 334 g/mol. The topological polar surface area (TPSA) is 68.3 Å². The summed E-state index contributed by atoms with van der Waals surface area (Å²) in [7, 11) is 1.62. The molecule has 104 valence electrons. The van der Waals surface area contributed by atoms with E-state index >= 15 is 0 Å². The molecule has 0 atom stereocenters. The molecule has 0 saturated carbocycles. The summed E-state index contributed by atoms with van der Waals surface area (Å²) < 4.78 is 12.0. The number of benzene rings is 2. The van der Waals surface area contributed by atoms with Crippen molar-refractivity contribution in [2.75, 3.05) is 7.11 Å². The molecule has 0 radical (unpaired) electrons. The van der Waals surface area contributed by atoms with E-state index in [9.17, 15) is 0 Å². The molecule has 0 fully saturated rings. The molecule has 0 aliphatic rings. The minimum absolute atomic E-state index is 0.0122. The number of amidine groups is 1. The highest BCUT2D eigenvalue weighted by molar-refractivity contribution is 9.10. The van der Waals surface area contributed by atoms with Crippen molar-refractivity contribution in [3.05, 3.63) is 58.1 Å². The third-order valence-electron chi connectivity index (χ3n) is 2.80. The van der Waals surface area contributed by atoms with Crippen molar-refractivity contribution >= 4 is 21.8 Å². The third kappa shape index (κ3) is 3.30. The van der Waals surface area contributed by atoms with Crippen LogP contribution in [0.25, 0.3) is 0 Å². The first-order valence-electron chi connectivity index (χ1n) is 6.00. The average molecular weight is 335 g/mol. The molecular weight excluding hydrogens is 320 g/mol. The summed E-state index contributed by atoms with van der Waals surface area (Å²) in [6.45, 7) is 0.340. The minimum atomic E-state index is -0.0122. The number of hydrogen-bond donors (Lipinski definition) is 2. The van der Waals surface area contributed by atoms with Crippen molar-refractivity contribution in [1.29, 1.82) is 5.41 Å². The van der Waals surface area contributed by atoms with Crippen LogP contribution in [0.4, 0.5) is 0 Å². The van der Waals surface area contributed by atoms with E-state index in [1.165, 1.54) is 0 Å². The number of nitrogen functional groups attached to an aromatic ring is 1. The Morgan fingerprint density at radius 2 is 1.95 bits per heavy atom. The molecule has 0 saturated heterocycles. The molecule has 0 aliphatic carbocycles. The lowest BCUT2D eigenvalue weighted by molar-refractivity contribution is 0.296. The lowest BCUT2D eigenvalue weighted by atomic mass is 10.2. The SMILES string of the molecule is COc1ccc(Br)cc1COc1ccccc1C(=N)N. The highest BCUT2D eigenvalue weighted by Crippen LogP contribution is 2.25. The van der Waals surface area contributed by atoms with Gasteiger partial charge >= 0.3 is 0 Å². The fourth-order valence-corrected chi connectivity index (χ4v) is 2.24. The minimum Gasteiger partial charge on any atom is -0.496 e. The van der Waals surface area contributed by atoms with Gasteiger partial charge in [-0.1, -0.05) is 28.1 Å². The lowest BCUT2D eigenvalue weighted by Crippen LogP contribution is -2.13. The van der Waals surface area contributed by atoms with Crippen molar-refractivity contribution < 1.29 is 9.47 Å². The number of ether oxygens (including phenoxy) is 2. The van der Waals surface area contributed by atoms with E-state index in [0.29, 0.717) is 17.9 Å². The van der Waals surface area contributed by atoms with Gasteiger partial charge in [0.15, 0.2) is 0 Å². The zero-order valence-corrected chi connectivity index (χ0v) is 12.6. The summed E-state index contributed by atoms with van der Waals surface area (Å²) in [4.78, 5) is 0. The smallest absolute Gasteiger partial charge is 0.130 e. The third-order valence-corrected chi connectivity index (χ3v) is 3.30. The van der Waals surface area contributed by atoms with Gasteiger partial charge in [-0.2, -0.15) is 0 Å². The summed E-state index contributed by atoms with van der Waals surface area (Å²) in [6, 6.07) is 12.9. The van der Waals surface area contributed by atoms with Crippen molar-refractivity contribution in [3.63, 3.8) is 0 Å². The molecule has 0 heterocycles. The molecule has 2 rings (SSSR count). The Labute approximate surface area is 126 Å².